The number of nitrogens with zero attached hydrogens (tertiary/aromatic N) is 2. The maximum atomic E-state index is 6.68. The second-order valence-electron chi connectivity index (χ2n) is 10.6. The molecule has 0 spiro atoms. The lowest BCUT2D eigenvalue weighted by atomic mass is 9.98. The molecule has 0 atom stereocenters. The van der Waals surface area contributed by atoms with Crippen LogP contribution in [0.15, 0.2) is 133 Å². The zero-order valence-electron chi connectivity index (χ0n) is 22.5. The molecule has 5 nitrogen and oxygen atoms in total. The molecule has 0 aromatic heterocycles. The Morgan fingerprint density at radius 1 is 0.357 bits per heavy atom. The third-order valence-corrected chi connectivity index (χ3v) is 8.08. The minimum absolute atomic E-state index is 0.803. The minimum atomic E-state index is 0.803. The van der Waals surface area contributed by atoms with Gasteiger partial charge in [0.1, 0.15) is 11.5 Å². The number of ether oxygens (including phenoxy) is 3. The molecular formula is C37H24N2O3. The van der Waals surface area contributed by atoms with Gasteiger partial charge in [0.25, 0.3) is 0 Å². The van der Waals surface area contributed by atoms with Crippen molar-refractivity contribution in [3.05, 3.63) is 145 Å². The fourth-order valence-corrected chi connectivity index (χ4v) is 6.14. The largest absolute Gasteiger partial charge is 0.457 e. The summed E-state index contributed by atoms with van der Waals surface area (Å²) < 4.78 is 19.1. The van der Waals surface area contributed by atoms with Crippen LogP contribution in [0.5, 0.6) is 34.5 Å². The van der Waals surface area contributed by atoms with E-state index in [0.29, 0.717) is 0 Å². The van der Waals surface area contributed by atoms with E-state index in [4.69, 9.17) is 14.2 Å². The summed E-state index contributed by atoms with van der Waals surface area (Å²) in [6.07, 6.45) is 0.803. The van der Waals surface area contributed by atoms with Crippen LogP contribution >= 0.6 is 0 Å². The number of fused-ring (bicyclic) bond motifs is 6. The molecule has 42 heavy (non-hydrogen) atoms. The zero-order chi connectivity index (χ0) is 27.6. The number of anilines is 6. The molecule has 9 rings (SSSR count). The molecule has 3 heterocycles. The first kappa shape index (κ1) is 23.1. The van der Waals surface area contributed by atoms with Crippen LogP contribution in [0.2, 0.25) is 0 Å². The predicted molar refractivity (Wildman–Crippen MR) is 165 cm³/mol. The Labute approximate surface area is 243 Å². The Morgan fingerprint density at radius 3 is 1.07 bits per heavy atom. The second-order valence-corrected chi connectivity index (χ2v) is 10.6. The van der Waals surface area contributed by atoms with Crippen molar-refractivity contribution in [1.29, 1.82) is 0 Å². The molecule has 0 unspecified atom stereocenters. The third kappa shape index (κ3) is 3.50. The van der Waals surface area contributed by atoms with Gasteiger partial charge in [0, 0.05) is 18.6 Å². The highest BCUT2D eigenvalue weighted by molar-refractivity contribution is 5.88. The van der Waals surface area contributed by atoms with Crippen LogP contribution in [0.3, 0.4) is 0 Å². The van der Waals surface area contributed by atoms with Gasteiger partial charge in [-0.25, -0.2) is 0 Å². The lowest BCUT2D eigenvalue weighted by Crippen LogP contribution is -2.17. The van der Waals surface area contributed by atoms with Crippen LogP contribution in [0.25, 0.3) is 0 Å². The summed E-state index contributed by atoms with van der Waals surface area (Å²) in [5, 5.41) is 0. The number of benzene rings is 6. The highest BCUT2D eigenvalue weighted by atomic mass is 16.5. The fourth-order valence-electron chi connectivity index (χ4n) is 6.14. The predicted octanol–water partition coefficient (Wildman–Crippen LogP) is 10.5. The van der Waals surface area contributed by atoms with E-state index < -0.39 is 0 Å². The molecule has 6 aromatic carbocycles. The van der Waals surface area contributed by atoms with Crippen molar-refractivity contribution in [2.75, 3.05) is 9.80 Å². The molecule has 0 amide bonds. The van der Waals surface area contributed by atoms with Gasteiger partial charge in [-0.15, -0.1) is 0 Å². The Balaban J connectivity index is 1.12. The Kier molecular flexibility index (Phi) is 4.90. The number of rotatable bonds is 2. The first-order valence-corrected chi connectivity index (χ1v) is 14.1. The normalized spacial score (nSPS) is 13.6. The van der Waals surface area contributed by atoms with Crippen molar-refractivity contribution in [2.24, 2.45) is 0 Å². The van der Waals surface area contributed by atoms with Crippen LogP contribution < -0.4 is 24.0 Å². The van der Waals surface area contributed by atoms with Crippen LogP contribution in [-0.2, 0) is 6.42 Å². The van der Waals surface area contributed by atoms with Gasteiger partial charge in [0.05, 0.1) is 34.1 Å². The van der Waals surface area contributed by atoms with E-state index in [0.717, 1.165) is 86.2 Å². The Morgan fingerprint density at radius 2 is 0.690 bits per heavy atom. The van der Waals surface area contributed by atoms with Crippen molar-refractivity contribution >= 4 is 34.1 Å². The minimum Gasteiger partial charge on any atom is -0.457 e. The van der Waals surface area contributed by atoms with Crippen molar-refractivity contribution in [1.82, 2.24) is 0 Å². The van der Waals surface area contributed by atoms with Gasteiger partial charge in [-0.3, -0.25) is 0 Å². The summed E-state index contributed by atoms with van der Waals surface area (Å²) in [7, 11) is 0. The smallest absolute Gasteiger partial charge is 0.151 e. The molecular weight excluding hydrogens is 520 g/mol. The summed E-state index contributed by atoms with van der Waals surface area (Å²) in [6, 6.07) is 45.5. The summed E-state index contributed by atoms with van der Waals surface area (Å²) in [4.78, 5) is 4.48. The zero-order valence-corrected chi connectivity index (χ0v) is 22.5. The lowest BCUT2D eigenvalue weighted by Gasteiger charge is -2.34. The summed E-state index contributed by atoms with van der Waals surface area (Å²) in [6.45, 7) is 0. The van der Waals surface area contributed by atoms with E-state index in [1.54, 1.807) is 0 Å². The molecule has 0 radical (unpaired) electrons. The van der Waals surface area contributed by atoms with Gasteiger partial charge >= 0.3 is 0 Å². The van der Waals surface area contributed by atoms with Crippen molar-refractivity contribution in [3.63, 3.8) is 0 Å². The second kappa shape index (κ2) is 8.91. The van der Waals surface area contributed by atoms with Gasteiger partial charge in [0.15, 0.2) is 23.0 Å². The van der Waals surface area contributed by atoms with Gasteiger partial charge in [-0.05, 0) is 71.8 Å². The topological polar surface area (TPSA) is 34.2 Å². The molecule has 5 heteroatoms. The highest BCUT2D eigenvalue weighted by Crippen LogP contribution is 2.53. The molecule has 3 aliphatic heterocycles. The third-order valence-electron chi connectivity index (χ3n) is 8.08. The van der Waals surface area contributed by atoms with Crippen molar-refractivity contribution in [2.45, 2.75) is 6.42 Å². The molecule has 0 N–H and O–H groups in total. The van der Waals surface area contributed by atoms with E-state index >= 15 is 0 Å². The monoisotopic (exact) mass is 544 g/mol. The molecule has 0 saturated carbocycles. The highest BCUT2D eigenvalue weighted by Gasteiger charge is 2.29. The van der Waals surface area contributed by atoms with Crippen LogP contribution in [-0.4, -0.2) is 0 Å². The van der Waals surface area contributed by atoms with E-state index in [1.807, 2.05) is 72.8 Å². The van der Waals surface area contributed by atoms with Crippen molar-refractivity contribution < 1.29 is 14.2 Å². The number of para-hydroxylation sites is 8. The first-order chi connectivity index (χ1) is 20.8. The first-order valence-electron chi connectivity index (χ1n) is 14.1. The summed E-state index contributed by atoms with van der Waals surface area (Å²) >= 11 is 0. The standard InChI is InChI=1S/C37H24N2O3/c1-5-13-32-28(9-1)38(29-10-2-6-14-33(29)40-32)26-19-17-24-21-25-18-20-27(23-37(25)42-36(24)22-26)39-30-11-3-7-15-34(30)41-35-16-8-4-12-31(35)39/h1-20,22-23H,21H2. The van der Waals surface area contributed by atoms with Crippen LogP contribution in [0, 0.1) is 0 Å². The molecule has 0 fully saturated rings. The summed E-state index contributed by atoms with van der Waals surface area (Å²) in [5.41, 5.74) is 8.36. The van der Waals surface area contributed by atoms with Crippen LogP contribution in [0.4, 0.5) is 34.1 Å². The SMILES string of the molecule is c1ccc2c(c1)Oc1ccccc1N2c1ccc2c(c1)Oc1cc(N3c4ccccc4Oc4ccccc43)ccc1C2. The molecule has 0 saturated heterocycles. The van der Waals surface area contributed by atoms with Gasteiger partial charge < -0.3 is 24.0 Å². The number of hydrogen-bond donors (Lipinski definition) is 0. The fraction of sp³-hybridized carbons (Fsp3) is 0.0270. The van der Waals surface area contributed by atoms with E-state index in [2.05, 4.69) is 70.5 Å². The van der Waals surface area contributed by atoms with E-state index in [-0.39, 0.29) is 0 Å². The van der Waals surface area contributed by atoms with E-state index in [1.165, 1.54) is 0 Å². The molecule has 200 valence electrons. The Bertz CT molecular complexity index is 1800. The van der Waals surface area contributed by atoms with Gasteiger partial charge in [-0.2, -0.15) is 0 Å². The maximum Gasteiger partial charge on any atom is 0.151 e. The quantitative estimate of drug-likeness (QED) is 0.216. The summed E-state index contributed by atoms with van der Waals surface area (Å²) in [5.74, 6) is 5.04. The molecule has 0 bridgehead atoms. The molecule has 0 aliphatic carbocycles. The van der Waals surface area contributed by atoms with E-state index in [9.17, 15) is 0 Å². The van der Waals surface area contributed by atoms with Crippen LogP contribution in [0.1, 0.15) is 11.1 Å². The van der Waals surface area contributed by atoms with Gasteiger partial charge in [-0.1, -0.05) is 60.7 Å². The maximum absolute atomic E-state index is 6.68. The average molecular weight is 545 g/mol. The average Bonchev–Trinajstić information content (AvgIpc) is 3.04. The van der Waals surface area contributed by atoms with Crippen molar-refractivity contribution in [3.8, 4) is 34.5 Å². The number of hydrogen-bond acceptors (Lipinski definition) is 5. The van der Waals surface area contributed by atoms with Gasteiger partial charge in [0.2, 0.25) is 0 Å². The molecule has 6 aromatic rings. The lowest BCUT2D eigenvalue weighted by molar-refractivity contribution is 0.459. The Hall–Kier alpha value is -5.68. The molecule has 3 aliphatic rings.